The first kappa shape index (κ1) is 21.1. The van der Waals surface area contributed by atoms with Gasteiger partial charge >= 0.3 is 0 Å². The van der Waals surface area contributed by atoms with Gasteiger partial charge in [-0.15, -0.1) is 0 Å². The van der Waals surface area contributed by atoms with E-state index in [0.29, 0.717) is 34.5 Å². The van der Waals surface area contributed by atoms with Gasteiger partial charge in [-0.05, 0) is 55.0 Å². The van der Waals surface area contributed by atoms with E-state index >= 15 is 0 Å². The van der Waals surface area contributed by atoms with Crippen LogP contribution in [0.5, 0.6) is 0 Å². The smallest absolute Gasteiger partial charge is 0.257 e. The van der Waals surface area contributed by atoms with Crippen LogP contribution in [0.2, 0.25) is 0 Å². The number of anilines is 4. The first-order valence-electron chi connectivity index (χ1n) is 10.6. The monoisotopic (exact) mass is 450 g/mol. The summed E-state index contributed by atoms with van der Waals surface area (Å²) in [7, 11) is 1.95. The van der Waals surface area contributed by atoms with Crippen LogP contribution < -0.4 is 16.4 Å². The van der Waals surface area contributed by atoms with Gasteiger partial charge in [-0.2, -0.15) is 0 Å². The summed E-state index contributed by atoms with van der Waals surface area (Å²) in [6, 6.07) is 16.4. The van der Waals surface area contributed by atoms with Crippen LogP contribution in [0.1, 0.15) is 15.9 Å². The van der Waals surface area contributed by atoms with Crippen molar-refractivity contribution >= 4 is 40.1 Å². The Hall–Kier alpha value is -4.79. The summed E-state index contributed by atoms with van der Waals surface area (Å²) in [4.78, 5) is 30.5. The second kappa shape index (κ2) is 8.62. The van der Waals surface area contributed by atoms with Crippen LogP contribution in [-0.2, 0) is 7.05 Å². The summed E-state index contributed by atoms with van der Waals surface area (Å²) in [5.74, 6) is 1.95. The number of nitrogens with zero attached hydrogens (tertiary/aromatic N) is 5. The van der Waals surface area contributed by atoms with Crippen LogP contribution in [0.25, 0.3) is 22.4 Å². The molecule has 1 aromatic carbocycles. The molecule has 0 saturated carbocycles. The Labute approximate surface area is 195 Å². The predicted octanol–water partition coefficient (Wildman–Crippen LogP) is 4.31. The van der Waals surface area contributed by atoms with E-state index < -0.39 is 0 Å². The molecule has 0 aliphatic carbocycles. The number of hydrogen-bond acceptors (Lipinski definition) is 7. The van der Waals surface area contributed by atoms with Crippen LogP contribution in [0.4, 0.5) is 23.1 Å². The van der Waals surface area contributed by atoms with Gasteiger partial charge < -0.3 is 20.9 Å². The van der Waals surface area contributed by atoms with E-state index in [1.807, 2.05) is 67.2 Å². The first-order chi connectivity index (χ1) is 16.5. The normalized spacial score (nSPS) is 10.9. The van der Waals surface area contributed by atoms with Gasteiger partial charge in [0.2, 0.25) is 0 Å². The molecule has 0 aliphatic heterocycles. The maximum absolute atomic E-state index is 12.6. The van der Waals surface area contributed by atoms with Crippen molar-refractivity contribution in [3.63, 3.8) is 0 Å². The standard InChI is InChI=1S/C25H22N8O/c1-15-8-10-27-21(12-15)31-24-22-19(9-11-33(22)2)30-23(32-24)16-4-3-5-18(13-16)29-25(34)17-6-7-20(26)28-14-17/h3-14H,1-2H3,(H2,26,28)(H,29,34)(H,27,30,31,32). The molecule has 4 N–H and O–H groups in total. The molecular formula is C25H22N8O. The number of carbonyl (C=O) groups is 1. The van der Waals surface area contributed by atoms with Crippen LogP contribution in [0.15, 0.2) is 73.2 Å². The minimum Gasteiger partial charge on any atom is -0.384 e. The Morgan fingerprint density at radius 2 is 1.91 bits per heavy atom. The Morgan fingerprint density at radius 1 is 1.03 bits per heavy atom. The number of aryl methyl sites for hydroxylation is 2. The van der Waals surface area contributed by atoms with E-state index in [-0.39, 0.29) is 5.91 Å². The molecule has 168 valence electrons. The quantitative estimate of drug-likeness (QED) is 0.364. The number of rotatable bonds is 5. The highest BCUT2D eigenvalue weighted by atomic mass is 16.1. The molecule has 0 fully saturated rings. The molecule has 4 heterocycles. The summed E-state index contributed by atoms with van der Waals surface area (Å²) in [5.41, 5.74) is 10.2. The Morgan fingerprint density at radius 3 is 2.71 bits per heavy atom. The second-order valence-electron chi connectivity index (χ2n) is 7.91. The summed E-state index contributed by atoms with van der Waals surface area (Å²) < 4.78 is 1.97. The highest BCUT2D eigenvalue weighted by molar-refractivity contribution is 6.04. The Kier molecular flexibility index (Phi) is 5.35. The fourth-order valence-corrected chi connectivity index (χ4v) is 3.61. The molecule has 0 spiro atoms. The molecule has 0 aliphatic rings. The van der Waals surface area contributed by atoms with Gasteiger partial charge in [0.25, 0.3) is 5.91 Å². The Balaban J connectivity index is 1.49. The van der Waals surface area contributed by atoms with Gasteiger partial charge in [0, 0.05) is 36.9 Å². The van der Waals surface area contributed by atoms with Crippen molar-refractivity contribution in [2.45, 2.75) is 6.92 Å². The third-order valence-corrected chi connectivity index (χ3v) is 5.31. The van der Waals surface area contributed by atoms with Crippen molar-refractivity contribution in [2.24, 2.45) is 7.05 Å². The second-order valence-corrected chi connectivity index (χ2v) is 7.91. The van der Waals surface area contributed by atoms with Gasteiger partial charge in [-0.1, -0.05) is 12.1 Å². The third-order valence-electron chi connectivity index (χ3n) is 5.31. The predicted molar refractivity (Wildman–Crippen MR) is 133 cm³/mol. The first-order valence-corrected chi connectivity index (χ1v) is 10.6. The number of hydrogen-bond donors (Lipinski definition) is 3. The van der Waals surface area contributed by atoms with Gasteiger partial charge in [0.15, 0.2) is 11.6 Å². The van der Waals surface area contributed by atoms with Crippen molar-refractivity contribution in [3.8, 4) is 11.4 Å². The van der Waals surface area contributed by atoms with Gasteiger partial charge in [0.05, 0.1) is 11.1 Å². The number of nitrogen functional groups attached to an aromatic ring is 1. The summed E-state index contributed by atoms with van der Waals surface area (Å²) in [6.07, 6.45) is 5.14. The molecule has 0 atom stereocenters. The molecule has 4 aromatic heterocycles. The number of amides is 1. The summed E-state index contributed by atoms with van der Waals surface area (Å²) in [6.45, 7) is 2.01. The average molecular weight is 451 g/mol. The van der Waals surface area contributed by atoms with Crippen molar-refractivity contribution < 1.29 is 4.79 Å². The maximum Gasteiger partial charge on any atom is 0.257 e. The Bertz CT molecular complexity index is 1510. The number of nitrogens with one attached hydrogen (secondary N) is 2. The van der Waals surface area contributed by atoms with Crippen LogP contribution in [0.3, 0.4) is 0 Å². The van der Waals surface area contributed by atoms with Gasteiger partial charge in [0.1, 0.15) is 17.2 Å². The lowest BCUT2D eigenvalue weighted by Crippen LogP contribution is -2.12. The number of pyridine rings is 2. The molecule has 34 heavy (non-hydrogen) atoms. The minimum atomic E-state index is -0.281. The van der Waals surface area contributed by atoms with Crippen LogP contribution in [0, 0.1) is 6.92 Å². The molecule has 1 amide bonds. The maximum atomic E-state index is 12.6. The lowest BCUT2D eigenvalue weighted by atomic mass is 10.1. The highest BCUT2D eigenvalue weighted by Gasteiger charge is 2.14. The van der Waals surface area contributed by atoms with Crippen molar-refractivity contribution in [3.05, 3.63) is 84.3 Å². The SMILES string of the molecule is Cc1ccnc(Nc2nc(-c3cccc(NC(=O)c4ccc(N)nc4)c3)nc3ccn(C)c23)c1. The van der Waals surface area contributed by atoms with Crippen molar-refractivity contribution in [1.82, 2.24) is 24.5 Å². The fraction of sp³-hybridized carbons (Fsp3) is 0.0800. The van der Waals surface area contributed by atoms with Gasteiger partial charge in [-0.3, -0.25) is 4.79 Å². The third kappa shape index (κ3) is 4.26. The number of fused-ring (bicyclic) bond motifs is 1. The summed E-state index contributed by atoms with van der Waals surface area (Å²) >= 11 is 0. The molecule has 0 radical (unpaired) electrons. The van der Waals surface area contributed by atoms with Crippen molar-refractivity contribution in [1.29, 1.82) is 0 Å². The van der Waals surface area contributed by atoms with E-state index in [0.717, 1.165) is 22.2 Å². The molecule has 9 nitrogen and oxygen atoms in total. The number of aromatic nitrogens is 5. The van der Waals surface area contributed by atoms with Crippen molar-refractivity contribution in [2.75, 3.05) is 16.4 Å². The van der Waals surface area contributed by atoms with E-state index in [9.17, 15) is 4.79 Å². The highest BCUT2D eigenvalue weighted by Crippen LogP contribution is 2.28. The summed E-state index contributed by atoms with van der Waals surface area (Å²) in [5, 5.41) is 6.21. The molecule has 9 heteroatoms. The minimum absolute atomic E-state index is 0.281. The number of benzene rings is 1. The topological polar surface area (TPSA) is 124 Å². The zero-order valence-electron chi connectivity index (χ0n) is 18.6. The van der Waals surface area contributed by atoms with Crippen LogP contribution >= 0.6 is 0 Å². The zero-order valence-corrected chi connectivity index (χ0v) is 18.6. The number of carbonyl (C=O) groups excluding carboxylic acids is 1. The lowest BCUT2D eigenvalue weighted by molar-refractivity contribution is 0.102. The zero-order chi connectivity index (χ0) is 23.7. The average Bonchev–Trinajstić information content (AvgIpc) is 3.20. The van der Waals surface area contributed by atoms with E-state index in [1.165, 1.54) is 6.20 Å². The molecule has 5 rings (SSSR count). The molecular weight excluding hydrogens is 428 g/mol. The molecule has 0 bridgehead atoms. The van der Waals surface area contributed by atoms with Gasteiger partial charge in [-0.25, -0.2) is 19.9 Å². The van der Waals surface area contributed by atoms with Crippen LogP contribution in [-0.4, -0.2) is 30.4 Å². The largest absolute Gasteiger partial charge is 0.384 e. The molecule has 5 aromatic rings. The molecule has 0 unspecified atom stereocenters. The lowest BCUT2D eigenvalue weighted by Gasteiger charge is -2.11. The fourth-order valence-electron chi connectivity index (χ4n) is 3.61. The van der Waals surface area contributed by atoms with E-state index in [2.05, 4.69) is 20.6 Å². The van der Waals surface area contributed by atoms with E-state index in [4.69, 9.17) is 15.7 Å². The molecule has 0 saturated heterocycles. The number of nitrogens with two attached hydrogens (primary N) is 1. The van der Waals surface area contributed by atoms with E-state index in [1.54, 1.807) is 18.3 Å².